The van der Waals surface area contributed by atoms with Crippen molar-refractivity contribution in [2.45, 2.75) is 18.9 Å². The Bertz CT molecular complexity index is 1020. The first kappa shape index (κ1) is 20.1. The van der Waals surface area contributed by atoms with Crippen molar-refractivity contribution >= 4 is 33.3 Å². The molecule has 7 heteroatoms. The number of nitrogens with zero attached hydrogens (tertiary/aromatic N) is 1. The molecule has 2 aromatic carbocycles. The SMILES string of the molecule is Oc1ccc(Br)cc1-c1cc(-c2c(F)cccc2Cl)cc(NCC2CCCO2)n1. The van der Waals surface area contributed by atoms with Crippen molar-refractivity contribution in [1.29, 1.82) is 0 Å². The zero-order chi connectivity index (χ0) is 20.4. The van der Waals surface area contributed by atoms with Gasteiger partial charge < -0.3 is 15.2 Å². The summed E-state index contributed by atoms with van der Waals surface area (Å²) < 4.78 is 21.0. The Hall–Kier alpha value is -2.15. The van der Waals surface area contributed by atoms with E-state index in [0.717, 1.165) is 23.9 Å². The highest BCUT2D eigenvalue weighted by molar-refractivity contribution is 9.10. The van der Waals surface area contributed by atoms with E-state index in [1.165, 1.54) is 6.07 Å². The average Bonchev–Trinajstić information content (AvgIpc) is 3.22. The Morgan fingerprint density at radius 2 is 2.10 bits per heavy atom. The molecular formula is C22H19BrClFN2O2. The van der Waals surface area contributed by atoms with Gasteiger partial charge in [0.25, 0.3) is 0 Å². The lowest BCUT2D eigenvalue weighted by Gasteiger charge is -2.15. The molecule has 0 saturated carbocycles. The lowest BCUT2D eigenvalue weighted by atomic mass is 10.0. The van der Waals surface area contributed by atoms with Crippen LogP contribution < -0.4 is 5.32 Å². The van der Waals surface area contributed by atoms with Crippen molar-refractivity contribution in [2.75, 3.05) is 18.5 Å². The number of hydrogen-bond donors (Lipinski definition) is 2. The van der Waals surface area contributed by atoms with E-state index in [2.05, 4.69) is 26.2 Å². The number of rotatable bonds is 5. The second kappa shape index (κ2) is 8.69. The van der Waals surface area contributed by atoms with E-state index in [-0.39, 0.29) is 11.9 Å². The maximum absolute atomic E-state index is 14.6. The second-order valence-corrected chi connectivity index (χ2v) is 8.22. The number of nitrogens with one attached hydrogen (secondary N) is 1. The third-order valence-electron chi connectivity index (χ3n) is 4.85. The van der Waals surface area contributed by atoms with E-state index in [9.17, 15) is 9.50 Å². The summed E-state index contributed by atoms with van der Waals surface area (Å²) in [7, 11) is 0. The third-order valence-corrected chi connectivity index (χ3v) is 5.65. The van der Waals surface area contributed by atoms with Gasteiger partial charge in [-0.15, -0.1) is 0 Å². The van der Waals surface area contributed by atoms with Crippen molar-refractivity contribution < 1.29 is 14.2 Å². The van der Waals surface area contributed by atoms with Gasteiger partial charge in [0.2, 0.25) is 0 Å². The molecule has 1 saturated heterocycles. The minimum absolute atomic E-state index is 0.0857. The van der Waals surface area contributed by atoms with Crippen LogP contribution in [0.2, 0.25) is 5.02 Å². The molecule has 0 bridgehead atoms. The number of phenols is 1. The molecule has 4 nitrogen and oxygen atoms in total. The van der Waals surface area contributed by atoms with Gasteiger partial charge in [0.15, 0.2) is 0 Å². The van der Waals surface area contributed by atoms with Crippen LogP contribution in [0.25, 0.3) is 22.4 Å². The van der Waals surface area contributed by atoms with Gasteiger partial charge in [0.1, 0.15) is 17.4 Å². The van der Waals surface area contributed by atoms with E-state index >= 15 is 0 Å². The zero-order valence-electron chi connectivity index (χ0n) is 15.5. The van der Waals surface area contributed by atoms with Gasteiger partial charge in [-0.2, -0.15) is 0 Å². The average molecular weight is 478 g/mol. The maximum atomic E-state index is 14.6. The van der Waals surface area contributed by atoms with E-state index in [1.54, 1.807) is 42.5 Å². The van der Waals surface area contributed by atoms with Crippen LogP contribution in [0.4, 0.5) is 10.2 Å². The molecule has 3 aromatic rings. The molecular weight excluding hydrogens is 459 g/mol. The molecule has 0 spiro atoms. The number of aromatic hydroxyl groups is 1. The van der Waals surface area contributed by atoms with Crippen molar-refractivity contribution in [2.24, 2.45) is 0 Å². The number of hydrogen-bond acceptors (Lipinski definition) is 4. The molecule has 29 heavy (non-hydrogen) atoms. The molecule has 0 aliphatic carbocycles. The zero-order valence-corrected chi connectivity index (χ0v) is 17.8. The van der Waals surface area contributed by atoms with Crippen molar-refractivity contribution in [3.05, 3.63) is 63.8 Å². The quantitative estimate of drug-likeness (QED) is 0.455. The first-order valence-electron chi connectivity index (χ1n) is 9.32. The van der Waals surface area contributed by atoms with Crippen LogP contribution in [0, 0.1) is 5.82 Å². The molecule has 1 aliphatic heterocycles. The molecule has 1 aromatic heterocycles. The molecule has 2 N–H and O–H groups in total. The molecule has 0 amide bonds. The Labute approximate surface area is 181 Å². The molecule has 1 unspecified atom stereocenters. The molecule has 1 fully saturated rings. The lowest BCUT2D eigenvalue weighted by Crippen LogP contribution is -2.19. The van der Waals surface area contributed by atoms with Crippen LogP contribution in [0.15, 0.2) is 53.0 Å². The summed E-state index contributed by atoms with van der Waals surface area (Å²) in [6.45, 7) is 1.37. The topological polar surface area (TPSA) is 54.4 Å². The number of ether oxygens (including phenoxy) is 1. The fraction of sp³-hybridized carbons (Fsp3) is 0.227. The summed E-state index contributed by atoms with van der Waals surface area (Å²) in [6.07, 6.45) is 2.16. The number of phenolic OH excluding ortho intramolecular Hbond substituents is 1. The van der Waals surface area contributed by atoms with E-state index in [1.807, 2.05) is 0 Å². The van der Waals surface area contributed by atoms with Crippen molar-refractivity contribution in [3.8, 4) is 28.1 Å². The van der Waals surface area contributed by atoms with Crippen LogP contribution >= 0.6 is 27.5 Å². The Kier molecular flexibility index (Phi) is 6.04. The van der Waals surface area contributed by atoms with Gasteiger partial charge in [0, 0.05) is 28.8 Å². The van der Waals surface area contributed by atoms with Crippen molar-refractivity contribution in [3.63, 3.8) is 0 Å². The maximum Gasteiger partial charge on any atom is 0.132 e. The first-order chi connectivity index (χ1) is 14.0. The molecule has 0 radical (unpaired) electrons. The standard InChI is InChI=1S/C22H19BrClFN2O2/c23-14-6-7-20(28)16(11-14)19-9-13(22-17(24)4-1-5-18(22)25)10-21(27-19)26-12-15-3-2-8-29-15/h1,4-7,9-11,15,28H,2-3,8,12H2,(H,26,27). The first-order valence-corrected chi connectivity index (χ1v) is 10.5. The van der Waals surface area contributed by atoms with Gasteiger partial charge in [-0.3, -0.25) is 0 Å². The van der Waals surface area contributed by atoms with Gasteiger partial charge in [0.05, 0.1) is 16.8 Å². The third kappa shape index (κ3) is 4.55. The number of anilines is 1. The summed E-state index contributed by atoms with van der Waals surface area (Å²) >= 11 is 9.72. The van der Waals surface area contributed by atoms with Gasteiger partial charge >= 0.3 is 0 Å². The van der Waals surface area contributed by atoms with Gasteiger partial charge in [-0.25, -0.2) is 9.37 Å². The summed E-state index contributed by atoms with van der Waals surface area (Å²) in [5.41, 5.74) is 1.92. The van der Waals surface area contributed by atoms with Gasteiger partial charge in [-0.1, -0.05) is 33.6 Å². The number of aromatic nitrogens is 1. The second-order valence-electron chi connectivity index (χ2n) is 6.90. The van der Waals surface area contributed by atoms with E-state index < -0.39 is 5.82 Å². The molecule has 1 atom stereocenters. The summed E-state index contributed by atoms with van der Waals surface area (Å²) in [5, 5.41) is 13.9. The normalized spacial score (nSPS) is 16.2. The predicted molar refractivity (Wildman–Crippen MR) is 117 cm³/mol. The highest BCUT2D eigenvalue weighted by atomic mass is 79.9. The Morgan fingerprint density at radius 1 is 1.24 bits per heavy atom. The van der Waals surface area contributed by atoms with E-state index in [4.69, 9.17) is 16.3 Å². The minimum Gasteiger partial charge on any atom is -0.507 e. The molecule has 150 valence electrons. The molecule has 4 rings (SSSR count). The van der Waals surface area contributed by atoms with Crippen LogP contribution in [-0.4, -0.2) is 29.3 Å². The smallest absolute Gasteiger partial charge is 0.132 e. The summed E-state index contributed by atoms with van der Waals surface area (Å²) in [5.74, 6) is 0.229. The van der Waals surface area contributed by atoms with E-state index in [0.29, 0.717) is 39.8 Å². The van der Waals surface area contributed by atoms with Crippen molar-refractivity contribution in [1.82, 2.24) is 4.98 Å². The predicted octanol–water partition coefficient (Wildman–Crippen LogP) is 6.27. The Morgan fingerprint density at radius 3 is 2.86 bits per heavy atom. The fourth-order valence-electron chi connectivity index (χ4n) is 3.41. The number of benzene rings is 2. The fourth-order valence-corrected chi connectivity index (χ4v) is 4.05. The minimum atomic E-state index is -0.418. The summed E-state index contributed by atoms with van der Waals surface area (Å²) in [4.78, 5) is 4.64. The highest BCUT2D eigenvalue weighted by Crippen LogP contribution is 2.37. The van der Waals surface area contributed by atoms with Crippen LogP contribution in [0.3, 0.4) is 0 Å². The largest absolute Gasteiger partial charge is 0.507 e. The monoisotopic (exact) mass is 476 g/mol. The number of halogens is 3. The lowest BCUT2D eigenvalue weighted by molar-refractivity contribution is 0.120. The summed E-state index contributed by atoms with van der Waals surface area (Å²) in [6, 6.07) is 13.2. The Balaban J connectivity index is 1.79. The van der Waals surface area contributed by atoms with Gasteiger partial charge in [-0.05, 0) is 60.9 Å². The molecule has 1 aliphatic rings. The highest BCUT2D eigenvalue weighted by Gasteiger charge is 2.18. The van der Waals surface area contributed by atoms with Crippen LogP contribution in [-0.2, 0) is 4.74 Å². The van der Waals surface area contributed by atoms with Crippen LogP contribution in [0.5, 0.6) is 5.75 Å². The molecule has 2 heterocycles. The number of pyridine rings is 1. The van der Waals surface area contributed by atoms with Crippen LogP contribution in [0.1, 0.15) is 12.8 Å².